The Labute approximate surface area is 74.8 Å². The van der Waals surface area contributed by atoms with Crippen molar-refractivity contribution in [2.24, 2.45) is 0 Å². The zero-order valence-electron chi connectivity index (χ0n) is 7.63. The van der Waals surface area contributed by atoms with E-state index in [1.807, 2.05) is 0 Å². The van der Waals surface area contributed by atoms with Crippen LogP contribution >= 0.6 is 12.4 Å². The molecule has 1 N–H and O–H groups in total. The van der Waals surface area contributed by atoms with Gasteiger partial charge in [-0.2, -0.15) is 0 Å². The molecule has 0 radical (unpaired) electrons. The van der Waals surface area contributed by atoms with Crippen molar-refractivity contribution >= 4 is 18.4 Å². The van der Waals surface area contributed by atoms with Gasteiger partial charge in [-0.3, -0.25) is 4.79 Å². The van der Waals surface area contributed by atoms with Crippen molar-refractivity contribution in [3.05, 3.63) is 0 Å². The Hall–Kier alpha value is -0.280. The molecule has 0 fully saturated rings. The zero-order valence-corrected chi connectivity index (χ0v) is 8.44. The maximum Gasteiger partial charge on any atom is 0.300 e. The number of halogens is 1. The molecule has 0 unspecified atom stereocenters. The highest BCUT2D eigenvalue weighted by atomic mass is 35.5. The minimum Gasteiger partial charge on any atom is -0.481 e. The lowest BCUT2D eigenvalue weighted by Crippen LogP contribution is -2.11. The Kier molecular flexibility index (Phi) is 19.2. The summed E-state index contributed by atoms with van der Waals surface area (Å²) in [6.45, 7) is 4.47. The quantitative estimate of drug-likeness (QED) is 0.705. The summed E-state index contributed by atoms with van der Waals surface area (Å²) in [6, 6.07) is 0. The summed E-state index contributed by atoms with van der Waals surface area (Å²) in [7, 11) is 4.17. The molecule has 0 aromatic carbocycles. The molecule has 0 spiro atoms. The van der Waals surface area contributed by atoms with Crippen molar-refractivity contribution < 1.29 is 9.90 Å². The molecule has 0 rings (SSSR count). The molecule has 3 nitrogen and oxygen atoms in total. The number of carbonyl (C=O) groups is 1. The number of hydrogen-bond acceptors (Lipinski definition) is 2. The van der Waals surface area contributed by atoms with Crippen molar-refractivity contribution in [3.8, 4) is 0 Å². The smallest absolute Gasteiger partial charge is 0.300 e. The first-order valence-electron chi connectivity index (χ1n) is 3.35. The molecule has 70 valence electrons. The van der Waals surface area contributed by atoms with Crippen LogP contribution in [0.25, 0.3) is 0 Å². The van der Waals surface area contributed by atoms with Crippen molar-refractivity contribution in [1.29, 1.82) is 0 Å². The summed E-state index contributed by atoms with van der Waals surface area (Å²) < 4.78 is 0. The third-order valence-corrected chi connectivity index (χ3v) is 0.671. The van der Waals surface area contributed by atoms with Crippen molar-refractivity contribution in [3.63, 3.8) is 0 Å². The third kappa shape index (κ3) is 78.3. The van der Waals surface area contributed by atoms with Crippen LogP contribution in [-0.4, -0.2) is 36.6 Å². The van der Waals surface area contributed by atoms with Crippen LogP contribution < -0.4 is 0 Å². The highest BCUT2D eigenvalue weighted by Crippen LogP contribution is 1.76. The first-order valence-corrected chi connectivity index (χ1v) is 3.35. The van der Waals surface area contributed by atoms with Gasteiger partial charge in [0.1, 0.15) is 0 Å². The average molecular weight is 184 g/mol. The van der Waals surface area contributed by atoms with Gasteiger partial charge in [-0.05, 0) is 27.1 Å². The van der Waals surface area contributed by atoms with Crippen molar-refractivity contribution in [2.75, 3.05) is 20.6 Å². The van der Waals surface area contributed by atoms with E-state index in [1.54, 1.807) is 0 Å². The van der Waals surface area contributed by atoms with Gasteiger partial charge in [0.2, 0.25) is 0 Å². The summed E-state index contributed by atoms with van der Waals surface area (Å²) >= 11 is 0. The van der Waals surface area contributed by atoms with E-state index in [1.165, 1.54) is 13.0 Å². The normalized spacial score (nSPS) is 7.73. The average Bonchev–Trinajstić information content (AvgIpc) is 1.62. The van der Waals surface area contributed by atoms with Gasteiger partial charge in [-0.1, -0.05) is 6.92 Å². The molecule has 0 aliphatic heterocycles. The number of rotatable bonds is 2. The van der Waals surface area contributed by atoms with E-state index in [-0.39, 0.29) is 12.4 Å². The van der Waals surface area contributed by atoms with E-state index < -0.39 is 5.97 Å². The molecule has 0 aromatic heterocycles. The first-order chi connectivity index (χ1) is 4.50. The predicted octanol–water partition coefficient (Wildman–Crippen LogP) is 1.47. The van der Waals surface area contributed by atoms with Crippen LogP contribution in [0.3, 0.4) is 0 Å². The lowest BCUT2D eigenvalue weighted by Gasteiger charge is -2.03. The van der Waals surface area contributed by atoms with E-state index in [9.17, 15) is 0 Å². The summed E-state index contributed by atoms with van der Waals surface area (Å²) in [5.74, 6) is -0.833. The van der Waals surface area contributed by atoms with Crippen molar-refractivity contribution in [2.45, 2.75) is 20.3 Å². The van der Waals surface area contributed by atoms with Gasteiger partial charge in [0, 0.05) is 6.92 Å². The molecule has 0 saturated carbocycles. The fourth-order valence-electron chi connectivity index (χ4n) is 0.447. The predicted molar refractivity (Wildman–Crippen MR) is 49.4 cm³/mol. The summed E-state index contributed by atoms with van der Waals surface area (Å²) in [5.41, 5.74) is 0. The topological polar surface area (TPSA) is 40.5 Å². The van der Waals surface area contributed by atoms with E-state index in [0.29, 0.717) is 0 Å². The number of hydrogen-bond donors (Lipinski definition) is 1. The van der Waals surface area contributed by atoms with E-state index in [0.717, 1.165) is 6.92 Å². The molecule has 0 atom stereocenters. The summed E-state index contributed by atoms with van der Waals surface area (Å²) in [6.07, 6.45) is 1.26. The standard InChI is InChI=1S/C5H13N.C2H4O2.ClH/c1-4-5-6(2)3;1-2(3)4;/h4-5H2,1-3H3;1H3,(H,3,4);1H. The maximum atomic E-state index is 9.00. The minimum atomic E-state index is -0.833. The van der Waals surface area contributed by atoms with E-state index in [2.05, 4.69) is 25.9 Å². The van der Waals surface area contributed by atoms with Gasteiger partial charge in [0.05, 0.1) is 0 Å². The monoisotopic (exact) mass is 183 g/mol. The van der Waals surface area contributed by atoms with Crippen LogP contribution in [0.5, 0.6) is 0 Å². The van der Waals surface area contributed by atoms with Gasteiger partial charge in [0.25, 0.3) is 5.97 Å². The van der Waals surface area contributed by atoms with Gasteiger partial charge < -0.3 is 10.0 Å². The number of carboxylic acids is 1. The fraction of sp³-hybridized carbons (Fsp3) is 0.857. The second kappa shape index (κ2) is 12.4. The Balaban J connectivity index is -0.000000114. The van der Waals surface area contributed by atoms with E-state index >= 15 is 0 Å². The Morgan fingerprint density at radius 3 is 1.73 bits per heavy atom. The molecular formula is C7H18ClNO2. The number of aliphatic carboxylic acids is 1. The Bertz CT molecular complexity index is 82.5. The van der Waals surface area contributed by atoms with Crippen LogP contribution in [0.15, 0.2) is 0 Å². The Morgan fingerprint density at radius 2 is 1.73 bits per heavy atom. The lowest BCUT2D eigenvalue weighted by atomic mass is 10.5. The third-order valence-electron chi connectivity index (χ3n) is 0.671. The molecule has 4 heteroatoms. The molecule has 0 saturated heterocycles. The van der Waals surface area contributed by atoms with Crippen LogP contribution in [0.1, 0.15) is 20.3 Å². The second-order valence-corrected chi connectivity index (χ2v) is 2.32. The molecule has 0 amide bonds. The Morgan fingerprint density at radius 1 is 1.45 bits per heavy atom. The largest absolute Gasteiger partial charge is 0.481 e. The molecule has 0 heterocycles. The van der Waals surface area contributed by atoms with E-state index in [4.69, 9.17) is 9.90 Å². The second-order valence-electron chi connectivity index (χ2n) is 2.32. The van der Waals surface area contributed by atoms with Crippen LogP contribution in [-0.2, 0) is 4.79 Å². The molecule has 11 heavy (non-hydrogen) atoms. The van der Waals surface area contributed by atoms with Gasteiger partial charge >= 0.3 is 0 Å². The van der Waals surface area contributed by atoms with Crippen LogP contribution in [0.2, 0.25) is 0 Å². The molecule has 0 aromatic rings. The van der Waals surface area contributed by atoms with Crippen molar-refractivity contribution in [1.82, 2.24) is 4.90 Å². The number of nitrogens with zero attached hydrogens (tertiary/aromatic N) is 1. The van der Waals surface area contributed by atoms with Gasteiger partial charge in [-0.25, -0.2) is 0 Å². The number of carboxylic acid groups (broad SMARTS) is 1. The fourth-order valence-corrected chi connectivity index (χ4v) is 0.447. The highest BCUT2D eigenvalue weighted by molar-refractivity contribution is 5.85. The molecule has 0 aliphatic carbocycles. The SMILES string of the molecule is CC(=O)O.CCCN(C)C.Cl. The van der Waals surface area contributed by atoms with Crippen LogP contribution in [0, 0.1) is 0 Å². The van der Waals surface area contributed by atoms with Gasteiger partial charge in [-0.15, -0.1) is 12.4 Å². The maximum absolute atomic E-state index is 9.00. The highest BCUT2D eigenvalue weighted by Gasteiger charge is 1.79. The first kappa shape index (κ1) is 17.0. The molecular weight excluding hydrogens is 166 g/mol. The van der Waals surface area contributed by atoms with Gasteiger partial charge in [0.15, 0.2) is 0 Å². The molecule has 0 bridgehead atoms. The molecule has 0 aliphatic rings. The minimum absolute atomic E-state index is 0. The lowest BCUT2D eigenvalue weighted by molar-refractivity contribution is -0.134. The van der Waals surface area contributed by atoms with Crippen LogP contribution in [0.4, 0.5) is 0 Å². The summed E-state index contributed by atoms with van der Waals surface area (Å²) in [5, 5.41) is 7.42. The zero-order chi connectivity index (χ0) is 8.57. The summed E-state index contributed by atoms with van der Waals surface area (Å²) in [4.78, 5) is 11.2.